The molecule has 0 amide bonds. The molecule has 1 atom stereocenters. The molecule has 1 rings (SSSR count). The van der Waals surface area contributed by atoms with Crippen LogP contribution in [0, 0.1) is 0 Å². The van der Waals surface area contributed by atoms with Gasteiger partial charge in [-0.15, -0.1) is 0 Å². The average Bonchev–Trinajstić information content (AvgIpc) is 2.35. The second-order valence-corrected chi connectivity index (χ2v) is 4.53. The number of nitrogens with zero attached hydrogens (tertiary/aromatic N) is 1. The Morgan fingerprint density at radius 2 is 2.11 bits per heavy atom. The van der Waals surface area contributed by atoms with Crippen LogP contribution in [0.2, 0.25) is 0 Å². The Bertz CT molecular complexity index is 451. The first-order chi connectivity index (χ1) is 8.60. The minimum Gasteiger partial charge on any atom is -0.477 e. The van der Waals surface area contributed by atoms with Crippen LogP contribution in [0.1, 0.15) is 62.4 Å². The topological polar surface area (TPSA) is 59.3 Å². The van der Waals surface area contributed by atoms with Crippen molar-refractivity contribution in [2.75, 3.05) is 0 Å². The third kappa shape index (κ3) is 3.72. The van der Waals surface area contributed by atoms with Gasteiger partial charge in [-0.25, -0.2) is 4.79 Å². The molecule has 4 nitrogen and oxygen atoms in total. The number of carboxylic acid groups (broad SMARTS) is 1. The molecule has 1 N–H and O–H groups in total. The van der Waals surface area contributed by atoms with E-state index in [4.69, 9.17) is 5.11 Å². The predicted octanol–water partition coefficient (Wildman–Crippen LogP) is 3.08. The normalized spacial score (nSPS) is 12.3. The van der Waals surface area contributed by atoms with Gasteiger partial charge in [0, 0.05) is 24.5 Å². The first-order valence-electron chi connectivity index (χ1n) is 6.55. The number of carbonyl (C=O) groups is 1. The van der Waals surface area contributed by atoms with Gasteiger partial charge in [0.15, 0.2) is 5.43 Å². The minimum absolute atomic E-state index is 0.147. The van der Waals surface area contributed by atoms with E-state index in [2.05, 4.69) is 13.8 Å². The van der Waals surface area contributed by atoms with Crippen LogP contribution in [-0.4, -0.2) is 15.6 Å². The monoisotopic (exact) mass is 251 g/mol. The van der Waals surface area contributed by atoms with Crippen molar-refractivity contribution in [1.29, 1.82) is 0 Å². The Labute approximate surface area is 107 Å². The molecule has 100 valence electrons. The van der Waals surface area contributed by atoms with Crippen molar-refractivity contribution in [2.24, 2.45) is 0 Å². The van der Waals surface area contributed by atoms with E-state index in [1.165, 1.54) is 25.1 Å². The highest BCUT2D eigenvalue weighted by atomic mass is 16.4. The SMILES string of the molecule is CCCCCC(CC)n1ccc(=O)c(C(=O)O)c1. The quantitative estimate of drug-likeness (QED) is 0.757. The molecular formula is C14H21NO3. The van der Waals surface area contributed by atoms with Crippen LogP contribution in [0.3, 0.4) is 0 Å². The summed E-state index contributed by atoms with van der Waals surface area (Å²) >= 11 is 0. The maximum Gasteiger partial charge on any atom is 0.341 e. The summed E-state index contributed by atoms with van der Waals surface area (Å²) in [6, 6.07) is 1.61. The van der Waals surface area contributed by atoms with Crippen molar-refractivity contribution in [3.05, 3.63) is 34.2 Å². The largest absolute Gasteiger partial charge is 0.477 e. The molecule has 0 bridgehead atoms. The second kappa shape index (κ2) is 6.99. The summed E-state index contributed by atoms with van der Waals surface area (Å²) in [4.78, 5) is 22.3. The van der Waals surface area contributed by atoms with Gasteiger partial charge in [0.2, 0.25) is 0 Å². The highest BCUT2D eigenvalue weighted by Gasteiger charge is 2.12. The number of rotatable bonds is 7. The maximum atomic E-state index is 11.4. The predicted molar refractivity (Wildman–Crippen MR) is 71.1 cm³/mol. The van der Waals surface area contributed by atoms with Gasteiger partial charge in [-0.1, -0.05) is 33.1 Å². The second-order valence-electron chi connectivity index (χ2n) is 4.53. The molecule has 0 saturated heterocycles. The molecule has 1 aromatic rings. The molecule has 4 heteroatoms. The van der Waals surface area contributed by atoms with E-state index < -0.39 is 11.4 Å². The lowest BCUT2D eigenvalue weighted by atomic mass is 10.1. The van der Waals surface area contributed by atoms with Crippen LogP contribution in [0.25, 0.3) is 0 Å². The molecule has 1 unspecified atom stereocenters. The van der Waals surface area contributed by atoms with Gasteiger partial charge in [0.25, 0.3) is 0 Å². The van der Waals surface area contributed by atoms with Crippen molar-refractivity contribution in [3.63, 3.8) is 0 Å². The van der Waals surface area contributed by atoms with E-state index in [9.17, 15) is 9.59 Å². The van der Waals surface area contributed by atoms with Crippen LogP contribution < -0.4 is 5.43 Å². The Hall–Kier alpha value is -1.58. The maximum absolute atomic E-state index is 11.4. The summed E-state index contributed by atoms with van der Waals surface area (Å²) in [7, 11) is 0. The molecule has 0 saturated carbocycles. The Morgan fingerprint density at radius 3 is 2.67 bits per heavy atom. The van der Waals surface area contributed by atoms with Crippen LogP contribution in [-0.2, 0) is 0 Å². The first-order valence-corrected chi connectivity index (χ1v) is 6.55. The molecule has 0 aromatic carbocycles. The van der Waals surface area contributed by atoms with E-state index >= 15 is 0 Å². The zero-order valence-electron chi connectivity index (χ0n) is 11.1. The standard InChI is InChI=1S/C14H21NO3/c1-3-5-6-7-11(4-2)15-9-8-13(16)12(10-15)14(17)18/h8-11H,3-7H2,1-2H3,(H,17,18). The van der Waals surface area contributed by atoms with Gasteiger partial charge in [0.05, 0.1) is 0 Å². The number of aromatic nitrogens is 1. The van der Waals surface area contributed by atoms with Gasteiger partial charge in [-0.3, -0.25) is 4.79 Å². The molecule has 0 aliphatic carbocycles. The minimum atomic E-state index is -1.15. The summed E-state index contributed by atoms with van der Waals surface area (Å²) in [5, 5.41) is 8.95. The number of aromatic carboxylic acids is 1. The smallest absolute Gasteiger partial charge is 0.341 e. The Balaban J connectivity index is 2.89. The first kappa shape index (κ1) is 14.5. The lowest BCUT2D eigenvalue weighted by Gasteiger charge is -2.19. The number of unbranched alkanes of at least 4 members (excludes halogenated alkanes) is 2. The van der Waals surface area contributed by atoms with Crippen molar-refractivity contribution in [3.8, 4) is 0 Å². The number of hydrogen-bond acceptors (Lipinski definition) is 2. The van der Waals surface area contributed by atoms with Gasteiger partial charge in [0.1, 0.15) is 5.56 Å². The van der Waals surface area contributed by atoms with Gasteiger partial charge < -0.3 is 9.67 Å². The van der Waals surface area contributed by atoms with E-state index in [1.807, 2.05) is 4.57 Å². The third-order valence-corrected chi connectivity index (χ3v) is 3.21. The number of carboxylic acids is 1. The van der Waals surface area contributed by atoms with E-state index in [0.29, 0.717) is 0 Å². The van der Waals surface area contributed by atoms with E-state index in [-0.39, 0.29) is 11.6 Å². The van der Waals surface area contributed by atoms with Gasteiger partial charge >= 0.3 is 5.97 Å². The molecule has 0 aliphatic heterocycles. The average molecular weight is 251 g/mol. The van der Waals surface area contributed by atoms with Crippen LogP contribution in [0.5, 0.6) is 0 Å². The molecule has 0 fully saturated rings. The van der Waals surface area contributed by atoms with Crippen LogP contribution in [0.4, 0.5) is 0 Å². The third-order valence-electron chi connectivity index (χ3n) is 3.21. The summed E-state index contributed by atoms with van der Waals surface area (Å²) < 4.78 is 1.86. The molecule has 0 radical (unpaired) electrons. The number of hydrogen-bond donors (Lipinski definition) is 1. The summed E-state index contributed by atoms with van der Waals surface area (Å²) in [5.41, 5.74) is -0.575. The van der Waals surface area contributed by atoms with Crippen LogP contribution in [0.15, 0.2) is 23.3 Å². The highest BCUT2D eigenvalue weighted by molar-refractivity contribution is 5.86. The van der Waals surface area contributed by atoms with Crippen molar-refractivity contribution >= 4 is 5.97 Å². The van der Waals surface area contributed by atoms with Crippen LogP contribution >= 0.6 is 0 Å². The summed E-state index contributed by atoms with van der Waals surface area (Å²) in [6.07, 6.45) is 8.59. The van der Waals surface area contributed by atoms with Crippen molar-refractivity contribution in [2.45, 2.75) is 52.0 Å². The van der Waals surface area contributed by atoms with Crippen molar-refractivity contribution in [1.82, 2.24) is 4.57 Å². The molecule has 0 aliphatic rings. The van der Waals surface area contributed by atoms with Gasteiger partial charge in [-0.2, -0.15) is 0 Å². The lowest BCUT2D eigenvalue weighted by molar-refractivity contribution is 0.0694. The van der Waals surface area contributed by atoms with E-state index in [0.717, 1.165) is 19.3 Å². The molecule has 18 heavy (non-hydrogen) atoms. The zero-order valence-corrected chi connectivity index (χ0v) is 11.1. The molecular weight excluding hydrogens is 230 g/mol. The van der Waals surface area contributed by atoms with Gasteiger partial charge in [-0.05, 0) is 12.8 Å². The molecule has 1 aromatic heterocycles. The molecule has 1 heterocycles. The fourth-order valence-electron chi connectivity index (χ4n) is 2.08. The van der Waals surface area contributed by atoms with E-state index in [1.54, 1.807) is 6.20 Å². The zero-order chi connectivity index (χ0) is 13.5. The summed E-state index contributed by atoms with van der Waals surface area (Å²) in [6.45, 7) is 4.23. The summed E-state index contributed by atoms with van der Waals surface area (Å²) in [5.74, 6) is -1.15. The fourth-order valence-corrected chi connectivity index (χ4v) is 2.08. The fraction of sp³-hybridized carbons (Fsp3) is 0.571. The molecule has 0 spiro atoms. The lowest BCUT2D eigenvalue weighted by Crippen LogP contribution is -2.18. The number of pyridine rings is 1. The Kier molecular flexibility index (Phi) is 5.62. The van der Waals surface area contributed by atoms with Crippen molar-refractivity contribution < 1.29 is 9.90 Å². The highest BCUT2D eigenvalue weighted by Crippen LogP contribution is 2.19. The Morgan fingerprint density at radius 1 is 1.39 bits per heavy atom.